The topological polar surface area (TPSA) is 61.3 Å². The van der Waals surface area contributed by atoms with E-state index in [9.17, 15) is 0 Å². The highest BCUT2D eigenvalue weighted by molar-refractivity contribution is 5.82. The molecule has 1 atom stereocenters. The average molecular weight is 161 g/mol. The maximum Gasteiger partial charge on any atom is 0.149 e. The first kappa shape index (κ1) is 5.96. The average Bonchev–Trinajstić information content (AvgIpc) is 2.52. The largest absolute Gasteiger partial charge is 0.331 e. The Balaban J connectivity index is 2.28. The highest BCUT2D eigenvalue weighted by Crippen LogP contribution is 2.34. The Labute approximate surface area is 68.9 Å². The van der Waals surface area contributed by atoms with Crippen LogP contribution >= 0.6 is 0 Å². The van der Waals surface area contributed by atoms with Gasteiger partial charge in [-0.25, -0.2) is 15.4 Å². The van der Waals surface area contributed by atoms with E-state index in [1.165, 1.54) is 0 Å². The number of hydrogen-bond donors (Lipinski definition) is 3. The van der Waals surface area contributed by atoms with Crippen molar-refractivity contribution in [2.24, 2.45) is 4.99 Å². The SMILES string of the molecule is C1=NC2NNc3ccnc(c32)N1. The van der Waals surface area contributed by atoms with Crippen molar-refractivity contribution in [1.29, 1.82) is 0 Å². The fourth-order valence-electron chi connectivity index (χ4n) is 1.48. The molecule has 1 aromatic heterocycles. The van der Waals surface area contributed by atoms with E-state index in [2.05, 4.69) is 26.1 Å². The van der Waals surface area contributed by atoms with Gasteiger partial charge in [0.25, 0.3) is 0 Å². The van der Waals surface area contributed by atoms with Gasteiger partial charge in [-0.1, -0.05) is 0 Å². The predicted octanol–water partition coefficient (Wildman–Crippen LogP) is 0.464. The summed E-state index contributed by atoms with van der Waals surface area (Å²) in [5.41, 5.74) is 8.22. The van der Waals surface area contributed by atoms with Crippen molar-refractivity contribution in [3.05, 3.63) is 17.8 Å². The van der Waals surface area contributed by atoms with Gasteiger partial charge in [0.15, 0.2) is 0 Å². The highest BCUT2D eigenvalue weighted by atomic mass is 15.4. The van der Waals surface area contributed by atoms with Crippen molar-refractivity contribution in [1.82, 2.24) is 10.4 Å². The number of aliphatic imine (C=N–C) groups is 1. The molecule has 0 bridgehead atoms. The predicted molar refractivity (Wildman–Crippen MR) is 45.9 cm³/mol. The van der Waals surface area contributed by atoms with Crippen LogP contribution in [0.1, 0.15) is 11.7 Å². The molecule has 60 valence electrons. The molecular weight excluding hydrogens is 154 g/mol. The Kier molecular flexibility index (Phi) is 0.968. The van der Waals surface area contributed by atoms with Crippen molar-refractivity contribution in [3.63, 3.8) is 0 Å². The van der Waals surface area contributed by atoms with Crippen LogP contribution in [0.3, 0.4) is 0 Å². The smallest absolute Gasteiger partial charge is 0.149 e. The first-order valence-corrected chi connectivity index (χ1v) is 3.74. The van der Waals surface area contributed by atoms with Crippen molar-refractivity contribution in [2.75, 3.05) is 10.7 Å². The summed E-state index contributed by atoms with van der Waals surface area (Å²) < 4.78 is 0. The third-order valence-corrected chi connectivity index (χ3v) is 2.03. The van der Waals surface area contributed by atoms with E-state index in [0.717, 1.165) is 17.1 Å². The van der Waals surface area contributed by atoms with Crippen LogP contribution in [0.25, 0.3) is 0 Å². The zero-order valence-electron chi connectivity index (χ0n) is 6.20. The van der Waals surface area contributed by atoms with E-state index in [4.69, 9.17) is 0 Å². The molecule has 12 heavy (non-hydrogen) atoms. The third-order valence-electron chi connectivity index (χ3n) is 2.03. The van der Waals surface area contributed by atoms with Gasteiger partial charge in [0.05, 0.1) is 17.6 Å². The molecule has 0 saturated heterocycles. The van der Waals surface area contributed by atoms with Crippen LogP contribution in [0.15, 0.2) is 17.3 Å². The van der Waals surface area contributed by atoms with Crippen molar-refractivity contribution in [2.45, 2.75) is 6.17 Å². The van der Waals surface area contributed by atoms with Gasteiger partial charge in [0.2, 0.25) is 0 Å². The summed E-state index contributed by atoms with van der Waals surface area (Å²) in [6, 6.07) is 1.92. The Hall–Kier alpha value is -1.62. The molecular formula is C7H7N5. The number of nitrogens with one attached hydrogen (secondary N) is 3. The first-order valence-electron chi connectivity index (χ1n) is 3.74. The molecule has 0 fully saturated rings. The van der Waals surface area contributed by atoms with Crippen LogP contribution in [-0.4, -0.2) is 11.3 Å². The minimum Gasteiger partial charge on any atom is -0.331 e. The number of nitrogens with zero attached hydrogens (tertiary/aromatic N) is 2. The van der Waals surface area contributed by atoms with Crippen molar-refractivity contribution in [3.8, 4) is 0 Å². The lowest BCUT2D eigenvalue weighted by molar-refractivity contribution is 0.656. The third kappa shape index (κ3) is 0.609. The first-order chi connectivity index (χ1) is 5.95. The monoisotopic (exact) mass is 161 g/mol. The van der Waals surface area contributed by atoms with E-state index in [1.54, 1.807) is 12.5 Å². The van der Waals surface area contributed by atoms with Gasteiger partial charge in [0, 0.05) is 6.20 Å². The molecule has 0 saturated carbocycles. The van der Waals surface area contributed by atoms with Gasteiger partial charge in [-0.15, -0.1) is 0 Å². The Morgan fingerprint density at radius 1 is 1.42 bits per heavy atom. The van der Waals surface area contributed by atoms with Crippen LogP contribution < -0.4 is 16.2 Å². The lowest BCUT2D eigenvalue weighted by Gasteiger charge is -2.13. The van der Waals surface area contributed by atoms with Gasteiger partial charge in [-0.3, -0.25) is 0 Å². The molecule has 1 unspecified atom stereocenters. The molecule has 0 amide bonds. The number of pyridine rings is 1. The van der Waals surface area contributed by atoms with Crippen LogP contribution in [0.2, 0.25) is 0 Å². The summed E-state index contributed by atoms with van der Waals surface area (Å²) in [5.74, 6) is 0.880. The number of aromatic nitrogens is 1. The molecule has 3 rings (SSSR count). The van der Waals surface area contributed by atoms with Crippen molar-refractivity contribution >= 4 is 17.8 Å². The lowest BCUT2D eigenvalue weighted by atomic mass is 10.2. The molecule has 3 N–H and O–H groups in total. The van der Waals surface area contributed by atoms with Gasteiger partial charge in [-0.2, -0.15) is 0 Å². The molecule has 0 aromatic carbocycles. The van der Waals surface area contributed by atoms with E-state index >= 15 is 0 Å². The van der Waals surface area contributed by atoms with E-state index in [-0.39, 0.29) is 6.17 Å². The minimum atomic E-state index is 0.0185. The van der Waals surface area contributed by atoms with Crippen LogP contribution in [0, 0.1) is 0 Å². The molecule has 3 heterocycles. The van der Waals surface area contributed by atoms with Gasteiger partial charge < -0.3 is 10.7 Å². The summed E-state index contributed by atoms with van der Waals surface area (Å²) in [7, 11) is 0. The maximum atomic E-state index is 4.19. The minimum absolute atomic E-state index is 0.0185. The summed E-state index contributed by atoms with van der Waals surface area (Å²) >= 11 is 0. The van der Waals surface area contributed by atoms with Crippen molar-refractivity contribution < 1.29 is 0 Å². The number of hydrogen-bond acceptors (Lipinski definition) is 5. The standard InChI is InChI=1S/C7H7N5/c1-2-8-6-5-4(1)11-12-7(5)10-3-9-6/h1-3,7,11-12H,(H,8,9,10). The number of rotatable bonds is 0. The fourth-order valence-corrected chi connectivity index (χ4v) is 1.48. The number of hydrazine groups is 1. The normalized spacial score (nSPS) is 22.8. The fraction of sp³-hybridized carbons (Fsp3) is 0.143. The quantitative estimate of drug-likeness (QED) is 0.517. The van der Waals surface area contributed by atoms with Gasteiger partial charge >= 0.3 is 0 Å². The molecule has 0 aliphatic carbocycles. The second-order valence-corrected chi connectivity index (χ2v) is 2.72. The molecule has 5 heteroatoms. The van der Waals surface area contributed by atoms with E-state index in [0.29, 0.717) is 0 Å². The Bertz CT molecular complexity index is 359. The van der Waals surface area contributed by atoms with Gasteiger partial charge in [0.1, 0.15) is 12.0 Å². The Morgan fingerprint density at radius 2 is 2.42 bits per heavy atom. The Morgan fingerprint density at radius 3 is 3.42 bits per heavy atom. The summed E-state index contributed by atoms with van der Waals surface area (Å²) in [5, 5.41) is 2.99. The molecule has 0 spiro atoms. The summed E-state index contributed by atoms with van der Waals surface area (Å²) in [4.78, 5) is 8.38. The van der Waals surface area contributed by atoms with Crippen LogP contribution in [-0.2, 0) is 0 Å². The maximum absolute atomic E-state index is 4.19. The van der Waals surface area contributed by atoms with E-state index in [1.807, 2.05) is 6.07 Å². The molecule has 5 nitrogen and oxygen atoms in total. The zero-order chi connectivity index (χ0) is 7.97. The highest BCUT2D eigenvalue weighted by Gasteiger charge is 2.26. The molecule has 0 radical (unpaired) electrons. The molecule has 2 aliphatic heterocycles. The lowest BCUT2D eigenvalue weighted by Crippen LogP contribution is -2.20. The van der Waals surface area contributed by atoms with Crippen LogP contribution in [0.4, 0.5) is 11.5 Å². The second kappa shape index (κ2) is 1.95. The summed E-state index contributed by atoms with van der Waals surface area (Å²) in [6.45, 7) is 0. The number of anilines is 2. The molecule has 1 aromatic rings. The second-order valence-electron chi connectivity index (χ2n) is 2.72. The van der Waals surface area contributed by atoms with E-state index < -0.39 is 0 Å². The van der Waals surface area contributed by atoms with Crippen LogP contribution in [0.5, 0.6) is 0 Å². The zero-order valence-corrected chi connectivity index (χ0v) is 6.20. The van der Waals surface area contributed by atoms with Gasteiger partial charge in [-0.05, 0) is 6.07 Å². The summed E-state index contributed by atoms with van der Waals surface area (Å²) in [6.07, 6.45) is 3.44. The molecule has 2 aliphatic rings.